The predicted molar refractivity (Wildman–Crippen MR) is 104 cm³/mol. The maximum atomic E-state index is 11.0. The number of methoxy groups -OCH3 is 1. The number of rotatable bonds is 6. The summed E-state index contributed by atoms with van der Waals surface area (Å²) in [6.07, 6.45) is 6.34. The van der Waals surface area contributed by atoms with Gasteiger partial charge in [-0.3, -0.25) is 10.1 Å². The van der Waals surface area contributed by atoms with E-state index in [1.807, 2.05) is 19.9 Å². The SMILES string of the molecule is COc1cc(/C=C/c2cc(O)cc(N)c2CC=C(C)C)ccc1[N+](=O)[O-]. The van der Waals surface area contributed by atoms with E-state index < -0.39 is 4.92 Å². The van der Waals surface area contributed by atoms with E-state index in [0.29, 0.717) is 12.1 Å². The number of phenolic OH excluding ortho intramolecular Hbond substituents is 1. The van der Waals surface area contributed by atoms with Gasteiger partial charge in [0.05, 0.1) is 12.0 Å². The molecule has 0 saturated heterocycles. The standard InChI is InChI=1S/C20H22N2O4/c1-13(2)4-8-17-15(11-16(23)12-18(17)21)7-5-14-6-9-19(22(24)25)20(10-14)26-3/h4-7,9-12,23H,8,21H2,1-3H3/b7-5+. The minimum atomic E-state index is -0.486. The van der Waals surface area contributed by atoms with Crippen molar-refractivity contribution in [3.8, 4) is 11.5 Å². The zero-order chi connectivity index (χ0) is 19.3. The van der Waals surface area contributed by atoms with E-state index in [-0.39, 0.29) is 17.2 Å². The molecule has 6 heteroatoms. The van der Waals surface area contributed by atoms with Crippen molar-refractivity contribution in [3.05, 3.63) is 68.8 Å². The van der Waals surface area contributed by atoms with Gasteiger partial charge in [0.25, 0.3) is 0 Å². The molecular formula is C20H22N2O4. The smallest absolute Gasteiger partial charge is 0.310 e. The van der Waals surface area contributed by atoms with E-state index in [2.05, 4.69) is 6.08 Å². The molecule has 0 unspecified atom stereocenters. The van der Waals surface area contributed by atoms with E-state index >= 15 is 0 Å². The molecule has 3 N–H and O–H groups in total. The van der Waals surface area contributed by atoms with E-state index in [1.165, 1.54) is 24.8 Å². The van der Waals surface area contributed by atoms with Crippen molar-refractivity contribution in [1.29, 1.82) is 0 Å². The summed E-state index contributed by atoms with van der Waals surface area (Å²) >= 11 is 0. The quantitative estimate of drug-likeness (QED) is 0.260. The second kappa shape index (κ2) is 8.20. The third-order valence-corrected chi connectivity index (χ3v) is 3.87. The van der Waals surface area contributed by atoms with Gasteiger partial charge in [0.2, 0.25) is 0 Å². The molecule has 0 aliphatic carbocycles. The minimum Gasteiger partial charge on any atom is -0.508 e. The van der Waals surface area contributed by atoms with Crippen molar-refractivity contribution in [1.82, 2.24) is 0 Å². The van der Waals surface area contributed by atoms with Gasteiger partial charge in [0.1, 0.15) is 5.75 Å². The Labute approximate surface area is 152 Å². The van der Waals surface area contributed by atoms with Gasteiger partial charge in [-0.15, -0.1) is 0 Å². The number of aromatic hydroxyl groups is 1. The molecule has 26 heavy (non-hydrogen) atoms. The fraction of sp³-hybridized carbons (Fsp3) is 0.200. The zero-order valence-corrected chi connectivity index (χ0v) is 15.0. The first-order valence-corrected chi connectivity index (χ1v) is 8.07. The van der Waals surface area contributed by atoms with Crippen LogP contribution < -0.4 is 10.5 Å². The lowest BCUT2D eigenvalue weighted by Crippen LogP contribution is -1.97. The fourth-order valence-corrected chi connectivity index (χ4v) is 2.53. The first-order chi connectivity index (χ1) is 12.3. The average molecular weight is 354 g/mol. The third kappa shape index (κ3) is 4.63. The van der Waals surface area contributed by atoms with Gasteiger partial charge >= 0.3 is 5.69 Å². The molecule has 0 saturated carbocycles. The van der Waals surface area contributed by atoms with E-state index in [0.717, 1.165) is 16.7 Å². The molecule has 6 nitrogen and oxygen atoms in total. The van der Waals surface area contributed by atoms with Gasteiger partial charge in [-0.1, -0.05) is 23.8 Å². The van der Waals surface area contributed by atoms with Gasteiger partial charge in [-0.25, -0.2) is 0 Å². The van der Waals surface area contributed by atoms with Crippen LogP contribution in [-0.2, 0) is 6.42 Å². The van der Waals surface area contributed by atoms with Crippen LogP contribution in [0.5, 0.6) is 11.5 Å². The van der Waals surface area contributed by atoms with Crippen LogP contribution in [-0.4, -0.2) is 17.1 Å². The van der Waals surface area contributed by atoms with Crippen molar-refractivity contribution in [2.75, 3.05) is 12.8 Å². The molecule has 0 atom stereocenters. The molecule has 0 aliphatic rings. The number of hydrogen-bond donors (Lipinski definition) is 2. The molecular weight excluding hydrogens is 332 g/mol. The average Bonchev–Trinajstić information content (AvgIpc) is 2.58. The molecule has 0 bridgehead atoms. The number of hydrogen-bond acceptors (Lipinski definition) is 5. The molecule has 0 heterocycles. The summed E-state index contributed by atoms with van der Waals surface area (Å²) in [6, 6.07) is 7.80. The number of nitrogens with zero attached hydrogens (tertiary/aromatic N) is 1. The summed E-state index contributed by atoms with van der Waals surface area (Å²) in [5.41, 5.74) is 10.1. The highest BCUT2D eigenvalue weighted by molar-refractivity contribution is 5.76. The van der Waals surface area contributed by atoms with Crippen LogP contribution in [0.25, 0.3) is 12.2 Å². The molecule has 2 aromatic rings. The highest BCUT2D eigenvalue weighted by atomic mass is 16.6. The Kier molecular flexibility index (Phi) is 6.01. The third-order valence-electron chi connectivity index (χ3n) is 3.87. The van der Waals surface area contributed by atoms with Gasteiger partial charge in [0.15, 0.2) is 5.75 Å². The summed E-state index contributed by atoms with van der Waals surface area (Å²) in [6.45, 7) is 4.02. The van der Waals surface area contributed by atoms with Crippen molar-refractivity contribution in [2.24, 2.45) is 0 Å². The molecule has 2 aromatic carbocycles. The largest absolute Gasteiger partial charge is 0.508 e. The van der Waals surface area contributed by atoms with Gasteiger partial charge < -0.3 is 15.6 Å². The molecule has 0 radical (unpaired) electrons. The fourth-order valence-electron chi connectivity index (χ4n) is 2.53. The van der Waals surface area contributed by atoms with Crippen molar-refractivity contribution in [3.63, 3.8) is 0 Å². The van der Waals surface area contributed by atoms with Gasteiger partial charge in [-0.05, 0) is 55.2 Å². The maximum Gasteiger partial charge on any atom is 0.310 e. The number of nitrogens with two attached hydrogens (primary N) is 1. The van der Waals surface area contributed by atoms with Crippen LogP contribution in [0, 0.1) is 10.1 Å². The normalized spacial score (nSPS) is 10.7. The van der Waals surface area contributed by atoms with Crippen LogP contribution in [0.1, 0.15) is 30.5 Å². The molecule has 136 valence electrons. The number of allylic oxidation sites excluding steroid dienone is 2. The Hall–Kier alpha value is -3.28. The van der Waals surface area contributed by atoms with Crippen molar-refractivity contribution in [2.45, 2.75) is 20.3 Å². The van der Waals surface area contributed by atoms with Crippen molar-refractivity contribution >= 4 is 23.5 Å². The maximum absolute atomic E-state index is 11.0. The number of nitro benzene ring substituents is 1. The lowest BCUT2D eigenvalue weighted by Gasteiger charge is -2.09. The molecule has 0 aromatic heterocycles. The van der Waals surface area contributed by atoms with Crippen LogP contribution in [0.15, 0.2) is 42.0 Å². The van der Waals surface area contributed by atoms with E-state index in [4.69, 9.17) is 10.5 Å². The number of phenols is 1. The van der Waals surface area contributed by atoms with Crippen LogP contribution in [0.3, 0.4) is 0 Å². The molecule has 2 rings (SSSR count). The molecule has 0 amide bonds. The van der Waals surface area contributed by atoms with Crippen LogP contribution >= 0.6 is 0 Å². The Morgan fingerprint density at radius 3 is 2.62 bits per heavy atom. The molecule has 0 fully saturated rings. The number of nitrogen functional groups attached to an aromatic ring is 1. The number of ether oxygens (including phenoxy) is 1. The van der Waals surface area contributed by atoms with E-state index in [1.54, 1.807) is 24.3 Å². The predicted octanol–water partition coefficient (Wildman–Crippen LogP) is 4.57. The summed E-state index contributed by atoms with van der Waals surface area (Å²) < 4.78 is 5.08. The van der Waals surface area contributed by atoms with Gasteiger partial charge in [-0.2, -0.15) is 0 Å². The van der Waals surface area contributed by atoms with Crippen LogP contribution in [0.4, 0.5) is 11.4 Å². The highest BCUT2D eigenvalue weighted by Gasteiger charge is 2.14. The Bertz CT molecular complexity index is 882. The monoisotopic (exact) mass is 354 g/mol. The summed E-state index contributed by atoms with van der Waals surface area (Å²) in [5.74, 6) is 0.279. The highest BCUT2D eigenvalue weighted by Crippen LogP contribution is 2.30. The first-order valence-electron chi connectivity index (χ1n) is 8.07. The zero-order valence-electron chi connectivity index (χ0n) is 15.0. The second-order valence-corrected chi connectivity index (χ2v) is 6.11. The number of benzene rings is 2. The number of anilines is 1. The second-order valence-electron chi connectivity index (χ2n) is 6.11. The lowest BCUT2D eigenvalue weighted by atomic mass is 9.99. The van der Waals surface area contributed by atoms with Crippen LogP contribution in [0.2, 0.25) is 0 Å². The molecule has 0 aliphatic heterocycles. The summed E-state index contributed by atoms with van der Waals surface area (Å²) in [4.78, 5) is 10.5. The Morgan fingerprint density at radius 2 is 2.00 bits per heavy atom. The van der Waals surface area contributed by atoms with Gasteiger partial charge in [0, 0.05) is 17.8 Å². The Morgan fingerprint density at radius 1 is 1.27 bits per heavy atom. The van der Waals surface area contributed by atoms with E-state index in [9.17, 15) is 15.2 Å². The Balaban J connectivity index is 2.41. The number of nitro groups is 1. The lowest BCUT2D eigenvalue weighted by molar-refractivity contribution is -0.385. The first kappa shape index (κ1) is 19.1. The summed E-state index contributed by atoms with van der Waals surface area (Å²) in [7, 11) is 1.39. The van der Waals surface area contributed by atoms with Crippen molar-refractivity contribution < 1.29 is 14.8 Å². The minimum absolute atomic E-state index is 0.0874. The summed E-state index contributed by atoms with van der Waals surface area (Å²) in [5, 5.41) is 20.8. The topological polar surface area (TPSA) is 98.6 Å². The molecule has 0 spiro atoms.